The van der Waals surface area contributed by atoms with Crippen molar-refractivity contribution in [2.45, 2.75) is 267 Å². The third-order valence-electron chi connectivity index (χ3n) is 22.7. The molecule has 0 spiro atoms. The van der Waals surface area contributed by atoms with Gasteiger partial charge in [-0.05, 0) is 110 Å². The van der Waals surface area contributed by atoms with Crippen molar-refractivity contribution in [3.63, 3.8) is 0 Å². The highest BCUT2D eigenvalue weighted by atomic mass is 16.8. The Morgan fingerprint density at radius 2 is 1.16 bits per heavy atom. The summed E-state index contributed by atoms with van der Waals surface area (Å²) in [6.45, 7) is 14.8. The van der Waals surface area contributed by atoms with E-state index in [0.29, 0.717) is 32.1 Å². The van der Waals surface area contributed by atoms with Crippen LogP contribution >= 0.6 is 0 Å². The lowest BCUT2D eigenvalue weighted by molar-refractivity contribution is -0.392. The molecule has 486 valence electrons. The number of carboxylic acid groups (broad SMARTS) is 1. The van der Waals surface area contributed by atoms with E-state index < -0.39 is 213 Å². The van der Waals surface area contributed by atoms with Gasteiger partial charge < -0.3 is 124 Å². The van der Waals surface area contributed by atoms with E-state index in [0.717, 1.165) is 18.4 Å². The third-order valence-corrected chi connectivity index (χ3v) is 22.7. The number of aliphatic hydroxyl groups is 14. The number of aliphatic hydroxyl groups excluding tert-OH is 14. The largest absolute Gasteiger partial charge is 0.479 e. The summed E-state index contributed by atoms with van der Waals surface area (Å²) in [6.07, 6.45) is -35.0. The normalized spacial score (nSPS) is 54.1. The Kier molecular flexibility index (Phi) is 18.4. The molecule has 27 nitrogen and oxygen atoms in total. The second-order valence-electron chi connectivity index (χ2n) is 28.3. The van der Waals surface area contributed by atoms with E-state index in [2.05, 4.69) is 54.5 Å². The second-order valence-corrected chi connectivity index (χ2v) is 28.3. The van der Waals surface area contributed by atoms with E-state index in [9.17, 15) is 81.4 Å². The SMILES string of the molecule is C[C@@H]1O[C@@H](O[C@H]2[C@H](OC(=O)[C@]34CCC(C)(C)CC3C3=CCC5[C@@]6(C)CC[C@H](O[C@@H]7O[C@H](C(=O)O)[C@@H](O)[C@H](O)[C@H]7O)C(C)(C)C6CC[C@@]5(C)[C@]3(C)C[C@H]4O)OC[C@@H](O)[C@@H]2O)[C@H](O)[C@H](O[C@@H]2O[C@H](CO)[C@@H](O)[C@H](O)[C@H]2O)[C@H]1O[C@@H]1OC[C@@H](O)[C@H](O)[C@H]1O. The van der Waals surface area contributed by atoms with Crippen LogP contribution in [0.15, 0.2) is 11.6 Å². The maximum Gasteiger partial charge on any atom is 0.335 e. The van der Waals surface area contributed by atoms with Crippen molar-refractivity contribution in [1.29, 1.82) is 0 Å². The van der Waals surface area contributed by atoms with Gasteiger partial charge in [-0.25, -0.2) is 4.79 Å². The fourth-order valence-electron chi connectivity index (χ4n) is 17.5. The number of allylic oxidation sites excluding steroid dienone is 2. The maximum atomic E-state index is 15.6. The summed E-state index contributed by atoms with van der Waals surface area (Å²) < 4.78 is 59.9. The molecule has 3 unspecified atom stereocenters. The molecule has 9 fully saturated rings. The van der Waals surface area contributed by atoms with Crippen LogP contribution in [0, 0.1) is 50.2 Å². The van der Waals surface area contributed by atoms with Crippen LogP contribution < -0.4 is 0 Å². The van der Waals surface area contributed by atoms with Gasteiger partial charge in [0.15, 0.2) is 37.4 Å². The van der Waals surface area contributed by atoms with E-state index in [1.807, 2.05) is 0 Å². The number of carbonyl (C=O) groups is 2. The molecule has 85 heavy (non-hydrogen) atoms. The van der Waals surface area contributed by atoms with E-state index in [1.165, 1.54) is 6.92 Å². The van der Waals surface area contributed by atoms with Crippen LogP contribution in [0.25, 0.3) is 0 Å². The van der Waals surface area contributed by atoms with Crippen molar-refractivity contribution >= 4 is 11.9 Å². The van der Waals surface area contributed by atoms with Gasteiger partial charge in [-0.1, -0.05) is 60.1 Å². The molecule has 0 aromatic carbocycles. The van der Waals surface area contributed by atoms with Gasteiger partial charge in [0.25, 0.3) is 0 Å². The van der Waals surface area contributed by atoms with Gasteiger partial charge >= 0.3 is 11.9 Å². The van der Waals surface area contributed by atoms with Crippen LogP contribution in [-0.2, 0) is 57.0 Å². The van der Waals surface area contributed by atoms with Gasteiger partial charge in [0.2, 0.25) is 6.29 Å². The zero-order valence-electron chi connectivity index (χ0n) is 49.3. The van der Waals surface area contributed by atoms with Crippen molar-refractivity contribution in [2.75, 3.05) is 19.8 Å². The maximum absolute atomic E-state index is 15.6. The summed E-state index contributed by atoms with van der Waals surface area (Å²) >= 11 is 0. The first-order valence-electron chi connectivity index (χ1n) is 30.1. The highest BCUT2D eigenvalue weighted by Gasteiger charge is 2.72. The number of ether oxygens (including phenoxy) is 10. The number of carbonyl (C=O) groups excluding carboxylic acids is 1. The fraction of sp³-hybridized carbons (Fsp3) is 0.931. The van der Waals surface area contributed by atoms with Gasteiger partial charge in [0.05, 0.1) is 38.1 Å². The molecule has 0 aromatic rings. The molecule has 0 amide bonds. The zero-order valence-corrected chi connectivity index (χ0v) is 49.3. The van der Waals surface area contributed by atoms with Crippen LogP contribution in [0.4, 0.5) is 0 Å². The van der Waals surface area contributed by atoms with Gasteiger partial charge in [-0.3, -0.25) is 4.79 Å². The molecule has 27 heteroatoms. The van der Waals surface area contributed by atoms with E-state index >= 15 is 4.79 Å². The Morgan fingerprint density at radius 1 is 0.576 bits per heavy atom. The predicted octanol–water partition coefficient (Wildman–Crippen LogP) is -2.84. The second kappa shape index (κ2) is 23.8. The van der Waals surface area contributed by atoms with Crippen molar-refractivity contribution in [3.05, 3.63) is 11.6 Å². The van der Waals surface area contributed by atoms with E-state index in [1.54, 1.807) is 0 Å². The Balaban J connectivity index is 0.903. The van der Waals surface area contributed by atoms with Gasteiger partial charge in [-0.15, -0.1) is 0 Å². The molecule has 5 aliphatic carbocycles. The summed E-state index contributed by atoms with van der Waals surface area (Å²) in [5.41, 5.74) is -2.75. The first-order valence-corrected chi connectivity index (χ1v) is 30.1. The molecule has 5 aliphatic heterocycles. The number of hydrogen-bond acceptors (Lipinski definition) is 26. The predicted molar refractivity (Wildman–Crippen MR) is 284 cm³/mol. The van der Waals surface area contributed by atoms with E-state index in [-0.39, 0.29) is 35.5 Å². The molecule has 32 atom stereocenters. The summed E-state index contributed by atoms with van der Waals surface area (Å²) in [5.74, 6) is -2.78. The minimum absolute atomic E-state index is 0.0487. The molecule has 0 aromatic heterocycles. The van der Waals surface area contributed by atoms with Gasteiger partial charge in [-0.2, -0.15) is 0 Å². The number of hydrogen-bond donors (Lipinski definition) is 15. The molecule has 5 saturated heterocycles. The molecular formula is C58H92O27. The summed E-state index contributed by atoms with van der Waals surface area (Å²) in [6, 6.07) is 0. The third kappa shape index (κ3) is 10.9. The topological polar surface area (TPSA) is 430 Å². The Morgan fingerprint density at radius 3 is 1.82 bits per heavy atom. The Labute approximate surface area is 492 Å². The van der Waals surface area contributed by atoms with Crippen molar-refractivity contribution in [2.24, 2.45) is 50.2 Å². The van der Waals surface area contributed by atoms with Crippen LogP contribution in [0.2, 0.25) is 0 Å². The lowest BCUT2D eigenvalue weighted by atomic mass is 9.33. The average Bonchev–Trinajstić information content (AvgIpc) is 0.734. The Bertz CT molecular complexity index is 2430. The summed E-state index contributed by atoms with van der Waals surface area (Å²) in [5, 5.41) is 163. The lowest BCUT2D eigenvalue weighted by Crippen LogP contribution is -2.68. The highest BCUT2D eigenvalue weighted by Crippen LogP contribution is 2.76. The molecule has 0 bridgehead atoms. The minimum Gasteiger partial charge on any atom is -0.479 e. The van der Waals surface area contributed by atoms with Gasteiger partial charge in [0.1, 0.15) is 97.0 Å². The first kappa shape index (κ1) is 65.7. The van der Waals surface area contributed by atoms with Crippen molar-refractivity contribution in [3.8, 4) is 0 Å². The number of fused-ring (bicyclic) bond motifs is 7. The van der Waals surface area contributed by atoms with Crippen molar-refractivity contribution in [1.82, 2.24) is 0 Å². The molecular weight excluding hydrogens is 1130 g/mol. The number of esters is 1. The quantitative estimate of drug-likeness (QED) is 0.0532. The van der Waals surface area contributed by atoms with Crippen LogP contribution in [0.1, 0.15) is 113 Å². The van der Waals surface area contributed by atoms with Crippen molar-refractivity contribution < 1.29 is 134 Å². The molecule has 0 radical (unpaired) electrons. The number of carboxylic acids is 1. The Hall–Kier alpha value is -2.24. The monoisotopic (exact) mass is 1220 g/mol. The summed E-state index contributed by atoms with van der Waals surface area (Å²) in [4.78, 5) is 27.5. The molecule has 5 heterocycles. The molecule has 10 aliphatic rings. The lowest BCUT2D eigenvalue weighted by Gasteiger charge is -2.71. The minimum atomic E-state index is -2.06. The zero-order chi connectivity index (χ0) is 62.2. The highest BCUT2D eigenvalue weighted by molar-refractivity contribution is 5.80. The van der Waals surface area contributed by atoms with Crippen LogP contribution in [-0.4, -0.2) is 262 Å². The van der Waals surface area contributed by atoms with E-state index in [4.69, 9.17) is 47.4 Å². The standard InChI is InChI=1S/C58H92O27/c1-22-42(81-47-38(69)32(63)25(60)20-76-47)43(82-48-39(70)35(66)34(65)27(19-59)79-48)41(72)50(78-22)84-45-33(64)26(61)21-77-51(45)85-52(75)58-16-15-53(2,3)17-24(58)23-9-10-29-55(6)13-12-31(80-49-40(71)36(67)37(68)44(83-49)46(73)74)54(4,5)28(55)11-14-56(29,7)57(23,8)18-30(58)62/h9,22,24-45,47-51,59-72H,10-21H2,1-8H3,(H,73,74)/t22-,24?,25+,26+,27+,28?,29?,30+,31-,32-,33-,34+,35-,36-,37-,38+,39+,40+,41+,42-,43-,44-,45+,47-,48-,49+,50-,51-,55-,56+,57+,58+/m0/s1. The molecule has 15 N–H and O–H groups in total. The number of aliphatic carboxylic acids is 1. The average molecular weight is 1220 g/mol. The fourth-order valence-corrected chi connectivity index (χ4v) is 17.5. The van der Waals surface area contributed by atoms with Crippen LogP contribution in [0.5, 0.6) is 0 Å². The smallest absolute Gasteiger partial charge is 0.335 e. The first-order chi connectivity index (χ1) is 39.7. The van der Waals surface area contributed by atoms with Crippen LogP contribution in [0.3, 0.4) is 0 Å². The summed E-state index contributed by atoms with van der Waals surface area (Å²) in [7, 11) is 0. The number of rotatable bonds is 12. The molecule has 10 rings (SSSR count). The van der Waals surface area contributed by atoms with Gasteiger partial charge in [0, 0.05) is 0 Å². The molecule has 4 saturated carbocycles.